The lowest BCUT2D eigenvalue weighted by Gasteiger charge is -2.18. The van der Waals surface area contributed by atoms with Crippen LogP contribution in [0.3, 0.4) is 0 Å². The molecule has 4 heteroatoms. The molecule has 0 bridgehead atoms. The molecule has 1 N–H and O–H groups in total. The molecule has 0 saturated carbocycles. The van der Waals surface area contributed by atoms with Gasteiger partial charge in [0, 0.05) is 13.6 Å². The normalized spacial score (nSPS) is 10.0. The first kappa shape index (κ1) is 13.1. The van der Waals surface area contributed by atoms with E-state index in [0.717, 1.165) is 5.56 Å². The van der Waals surface area contributed by atoms with Crippen LogP contribution >= 0.6 is 0 Å². The zero-order valence-corrected chi connectivity index (χ0v) is 10.6. The molecule has 0 radical (unpaired) electrons. The van der Waals surface area contributed by atoms with E-state index >= 15 is 0 Å². The third-order valence-corrected chi connectivity index (χ3v) is 2.72. The summed E-state index contributed by atoms with van der Waals surface area (Å²) in [6, 6.07) is 15.4. The van der Waals surface area contributed by atoms with Crippen molar-refractivity contribution >= 4 is 11.7 Å². The van der Waals surface area contributed by atoms with Gasteiger partial charge in [-0.15, -0.1) is 0 Å². The Hall–Kier alpha value is -2.36. The smallest absolute Gasteiger partial charge is 0.321 e. The quantitative estimate of drug-likeness (QED) is 0.898. The van der Waals surface area contributed by atoms with E-state index in [0.29, 0.717) is 6.54 Å². The van der Waals surface area contributed by atoms with Gasteiger partial charge >= 0.3 is 6.03 Å². The Morgan fingerprint density at radius 3 is 2.42 bits per heavy atom. The second-order valence-electron chi connectivity index (χ2n) is 4.25. The Labute approximate surface area is 111 Å². The predicted octanol–water partition coefficient (Wildman–Crippen LogP) is 3.49. The Morgan fingerprint density at radius 1 is 1.11 bits per heavy atom. The summed E-state index contributed by atoms with van der Waals surface area (Å²) in [6.07, 6.45) is 0. The average molecular weight is 258 g/mol. The molecule has 0 aromatic heterocycles. The molecule has 19 heavy (non-hydrogen) atoms. The highest BCUT2D eigenvalue weighted by Crippen LogP contribution is 2.13. The van der Waals surface area contributed by atoms with Crippen LogP contribution in [0.1, 0.15) is 5.56 Å². The minimum atomic E-state index is -0.441. The molecule has 0 aliphatic rings. The van der Waals surface area contributed by atoms with E-state index in [4.69, 9.17) is 0 Å². The van der Waals surface area contributed by atoms with Crippen LogP contribution in [0.5, 0.6) is 0 Å². The van der Waals surface area contributed by atoms with Crippen molar-refractivity contribution in [2.75, 3.05) is 12.4 Å². The molecule has 2 aromatic rings. The molecule has 0 unspecified atom stereocenters. The fraction of sp³-hybridized carbons (Fsp3) is 0.133. The fourth-order valence-corrected chi connectivity index (χ4v) is 1.70. The molecule has 98 valence electrons. The summed E-state index contributed by atoms with van der Waals surface area (Å²) in [5.41, 5.74) is 1.21. The van der Waals surface area contributed by atoms with Crippen LogP contribution in [0.2, 0.25) is 0 Å². The number of nitrogens with zero attached hydrogens (tertiary/aromatic N) is 1. The average Bonchev–Trinajstić information content (AvgIpc) is 2.42. The minimum absolute atomic E-state index is 0.187. The monoisotopic (exact) mass is 258 g/mol. The zero-order valence-electron chi connectivity index (χ0n) is 10.6. The summed E-state index contributed by atoms with van der Waals surface area (Å²) in [5.74, 6) is -0.441. The number of amides is 2. The number of hydrogen-bond acceptors (Lipinski definition) is 1. The van der Waals surface area contributed by atoms with Gasteiger partial charge in [0.1, 0.15) is 5.82 Å². The van der Waals surface area contributed by atoms with Gasteiger partial charge in [-0.05, 0) is 17.7 Å². The summed E-state index contributed by atoms with van der Waals surface area (Å²) < 4.78 is 13.4. The second kappa shape index (κ2) is 6.00. The lowest BCUT2D eigenvalue weighted by Crippen LogP contribution is -2.31. The van der Waals surface area contributed by atoms with Crippen molar-refractivity contribution in [3.8, 4) is 0 Å². The highest BCUT2D eigenvalue weighted by molar-refractivity contribution is 5.89. The number of urea groups is 1. The lowest BCUT2D eigenvalue weighted by atomic mass is 10.2. The topological polar surface area (TPSA) is 32.3 Å². The summed E-state index contributed by atoms with van der Waals surface area (Å²) >= 11 is 0. The summed E-state index contributed by atoms with van der Waals surface area (Å²) in [6.45, 7) is 0.473. The SMILES string of the molecule is CN(Cc1ccccc1)C(=O)Nc1ccccc1F. The van der Waals surface area contributed by atoms with Gasteiger partial charge in [-0.25, -0.2) is 9.18 Å². The molecule has 0 aliphatic heterocycles. The first-order valence-electron chi connectivity index (χ1n) is 5.97. The first-order valence-corrected chi connectivity index (χ1v) is 5.97. The van der Waals surface area contributed by atoms with Crippen LogP contribution in [-0.4, -0.2) is 18.0 Å². The Balaban J connectivity index is 1.99. The van der Waals surface area contributed by atoms with E-state index < -0.39 is 5.82 Å². The highest BCUT2D eigenvalue weighted by Gasteiger charge is 2.11. The van der Waals surface area contributed by atoms with Crippen molar-refractivity contribution in [1.29, 1.82) is 0 Å². The van der Waals surface area contributed by atoms with Crippen molar-refractivity contribution in [3.05, 3.63) is 66.0 Å². The molecule has 0 aliphatic carbocycles. The van der Waals surface area contributed by atoms with Gasteiger partial charge < -0.3 is 10.2 Å². The summed E-state index contributed by atoms with van der Waals surface area (Å²) in [4.78, 5) is 13.4. The number of nitrogens with one attached hydrogen (secondary N) is 1. The Morgan fingerprint density at radius 2 is 1.74 bits per heavy atom. The van der Waals surface area contributed by atoms with Crippen LogP contribution in [0.15, 0.2) is 54.6 Å². The van der Waals surface area contributed by atoms with E-state index in [9.17, 15) is 9.18 Å². The van der Waals surface area contributed by atoms with Crippen molar-refractivity contribution < 1.29 is 9.18 Å². The first-order chi connectivity index (χ1) is 9.16. The van der Waals surface area contributed by atoms with Crippen molar-refractivity contribution in [1.82, 2.24) is 4.90 Å². The zero-order chi connectivity index (χ0) is 13.7. The summed E-state index contributed by atoms with van der Waals surface area (Å²) in [5, 5.41) is 2.54. The molecule has 0 fully saturated rings. The van der Waals surface area contributed by atoms with E-state index in [1.54, 1.807) is 19.2 Å². The van der Waals surface area contributed by atoms with E-state index in [1.807, 2.05) is 30.3 Å². The van der Waals surface area contributed by atoms with Crippen molar-refractivity contribution in [3.63, 3.8) is 0 Å². The van der Waals surface area contributed by atoms with Gasteiger partial charge in [0.25, 0.3) is 0 Å². The van der Waals surface area contributed by atoms with Crippen LogP contribution < -0.4 is 5.32 Å². The van der Waals surface area contributed by atoms with E-state index in [-0.39, 0.29) is 11.7 Å². The lowest BCUT2D eigenvalue weighted by molar-refractivity contribution is 0.220. The van der Waals surface area contributed by atoms with Gasteiger partial charge in [-0.2, -0.15) is 0 Å². The molecule has 0 atom stereocenters. The van der Waals surface area contributed by atoms with Crippen LogP contribution in [0, 0.1) is 5.82 Å². The molecule has 2 aromatic carbocycles. The van der Waals surface area contributed by atoms with Crippen molar-refractivity contribution in [2.24, 2.45) is 0 Å². The number of carbonyl (C=O) groups is 1. The van der Waals surface area contributed by atoms with Gasteiger partial charge in [0.05, 0.1) is 5.69 Å². The third-order valence-electron chi connectivity index (χ3n) is 2.72. The van der Waals surface area contributed by atoms with E-state index in [1.165, 1.54) is 17.0 Å². The third kappa shape index (κ3) is 3.55. The largest absolute Gasteiger partial charge is 0.323 e. The Bertz CT molecular complexity index is 557. The molecule has 3 nitrogen and oxygen atoms in total. The molecule has 0 saturated heterocycles. The number of hydrogen-bond donors (Lipinski definition) is 1. The van der Waals surface area contributed by atoms with Crippen LogP contribution in [0.25, 0.3) is 0 Å². The number of anilines is 1. The molecular weight excluding hydrogens is 243 g/mol. The maximum Gasteiger partial charge on any atom is 0.321 e. The van der Waals surface area contributed by atoms with Gasteiger partial charge in [0.2, 0.25) is 0 Å². The van der Waals surface area contributed by atoms with Crippen LogP contribution in [-0.2, 0) is 6.54 Å². The van der Waals surface area contributed by atoms with E-state index in [2.05, 4.69) is 5.32 Å². The maximum atomic E-state index is 13.4. The number of rotatable bonds is 3. The molecular formula is C15H15FN2O. The number of carbonyl (C=O) groups excluding carboxylic acids is 1. The molecule has 2 amide bonds. The van der Waals surface area contributed by atoms with Crippen LogP contribution in [0.4, 0.5) is 14.9 Å². The van der Waals surface area contributed by atoms with Crippen molar-refractivity contribution in [2.45, 2.75) is 6.54 Å². The van der Waals surface area contributed by atoms with Gasteiger partial charge in [-0.3, -0.25) is 0 Å². The van der Waals surface area contributed by atoms with Gasteiger partial charge in [0.15, 0.2) is 0 Å². The minimum Gasteiger partial charge on any atom is -0.323 e. The Kier molecular flexibility index (Phi) is 4.13. The number of para-hydroxylation sites is 1. The maximum absolute atomic E-state index is 13.4. The molecule has 0 heterocycles. The molecule has 0 spiro atoms. The number of halogens is 1. The second-order valence-corrected chi connectivity index (χ2v) is 4.25. The fourth-order valence-electron chi connectivity index (χ4n) is 1.70. The molecule has 2 rings (SSSR count). The van der Waals surface area contributed by atoms with Gasteiger partial charge in [-0.1, -0.05) is 42.5 Å². The standard InChI is InChI=1S/C15H15FN2O/c1-18(11-12-7-3-2-4-8-12)15(19)17-14-10-6-5-9-13(14)16/h2-10H,11H2,1H3,(H,17,19). The predicted molar refractivity (Wildman–Crippen MR) is 73.3 cm³/mol. The number of benzene rings is 2. The summed E-state index contributed by atoms with van der Waals surface area (Å²) in [7, 11) is 1.67. The highest BCUT2D eigenvalue weighted by atomic mass is 19.1.